The molecule has 3 heterocycles. The molecule has 1 fully saturated rings. The van der Waals surface area contributed by atoms with Crippen LogP contribution in [-0.2, 0) is 26.1 Å². The standard InChI is InChI=1S/C36H41N5O7S/c1-7-47-34-37-29-15-11-14-27(32(42)46-6)30(29)41(34)21-25-16-17-28(26-12-9-8-10-13-26)36(20-25,22-40-19-18-35(4,5)33(40)43)49(44,45)39-31-23(2)24(3)38-48-31/h8-17,39H,7,18-22H2,1-6H3. The number of methoxy groups -OCH3 is 1. The van der Waals surface area contributed by atoms with Gasteiger partial charge < -0.3 is 18.9 Å². The van der Waals surface area contributed by atoms with E-state index in [-0.39, 0.29) is 37.3 Å². The average Bonchev–Trinajstić information content (AvgIpc) is 3.68. The molecular formula is C36H41N5O7S. The SMILES string of the molecule is CCOc1nc2cccc(C(=O)OC)c2n1CC1=CC=C(c2ccccc2)C(CN2CCC(C)(C)C2=O)(S(=O)(=O)Nc2onc(C)c2C)C1. The molecule has 1 aliphatic carbocycles. The van der Waals surface area contributed by atoms with E-state index >= 15 is 8.42 Å². The first-order chi connectivity index (χ1) is 23.3. The lowest BCUT2D eigenvalue weighted by Gasteiger charge is -2.41. The number of carbonyl (C=O) groups excluding carboxylic acids is 2. The van der Waals surface area contributed by atoms with Gasteiger partial charge in [-0.25, -0.2) is 17.9 Å². The second kappa shape index (κ2) is 12.8. The van der Waals surface area contributed by atoms with Crippen LogP contribution >= 0.6 is 0 Å². The van der Waals surface area contributed by atoms with Crippen molar-refractivity contribution in [2.45, 2.75) is 58.8 Å². The van der Waals surface area contributed by atoms with Gasteiger partial charge in [0.15, 0.2) is 0 Å². The molecule has 1 saturated heterocycles. The van der Waals surface area contributed by atoms with Crippen molar-refractivity contribution < 1.29 is 32.0 Å². The second-order valence-electron chi connectivity index (χ2n) is 13.2. The molecule has 1 amide bonds. The quantitative estimate of drug-likeness (QED) is 0.197. The van der Waals surface area contributed by atoms with Gasteiger partial charge in [-0.05, 0) is 62.5 Å². The third-order valence-corrected chi connectivity index (χ3v) is 11.5. The fourth-order valence-electron chi connectivity index (χ4n) is 6.69. The second-order valence-corrected chi connectivity index (χ2v) is 15.2. The Balaban J connectivity index is 1.54. The zero-order chi connectivity index (χ0) is 35.1. The minimum absolute atomic E-state index is 0.00503. The number of aryl methyl sites for hydroxylation is 1. The summed E-state index contributed by atoms with van der Waals surface area (Å²) in [5.41, 5.74) is 3.78. The Morgan fingerprint density at radius 2 is 1.84 bits per heavy atom. The normalized spacial score (nSPS) is 19.1. The highest BCUT2D eigenvalue weighted by atomic mass is 32.2. The zero-order valence-electron chi connectivity index (χ0n) is 28.6. The number of allylic oxidation sites excluding steroid dienone is 3. The number of anilines is 1. The summed E-state index contributed by atoms with van der Waals surface area (Å²) in [6.45, 7) is 9.85. The van der Waals surface area contributed by atoms with Crippen LogP contribution in [0, 0.1) is 19.3 Å². The molecule has 1 unspecified atom stereocenters. The number of para-hydroxylation sites is 1. The number of amides is 1. The Kier molecular flexibility index (Phi) is 8.91. The van der Waals surface area contributed by atoms with Crippen LogP contribution in [0.5, 0.6) is 6.01 Å². The molecule has 49 heavy (non-hydrogen) atoms. The van der Waals surface area contributed by atoms with E-state index in [1.807, 2.05) is 63.3 Å². The molecule has 2 aromatic heterocycles. The first-order valence-corrected chi connectivity index (χ1v) is 17.7. The van der Waals surface area contributed by atoms with Crippen molar-refractivity contribution in [1.82, 2.24) is 19.6 Å². The maximum atomic E-state index is 15.1. The Labute approximate surface area is 285 Å². The lowest BCUT2D eigenvalue weighted by molar-refractivity contribution is -0.134. The number of hydrogen-bond acceptors (Lipinski definition) is 9. The van der Waals surface area contributed by atoms with E-state index in [4.69, 9.17) is 14.0 Å². The van der Waals surface area contributed by atoms with E-state index in [2.05, 4.69) is 14.9 Å². The molecule has 1 aliphatic heterocycles. The number of sulfonamides is 1. The largest absolute Gasteiger partial charge is 0.465 e. The highest BCUT2D eigenvalue weighted by Crippen LogP contribution is 2.46. The molecule has 1 N–H and O–H groups in total. The van der Waals surface area contributed by atoms with Crippen molar-refractivity contribution in [1.29, 1.82) is 0 Å². The highest BCUT2D eigenvalue weighted by Gasteiger charge is 2.53. The molecule has 0 spiro atoms. The van der Waals surface area contributed by atoms with Crippen molar-refractivity contribution in [2.75, 3.05) is 31.5 Å². The van der Waals surface area contributed by atoms with Gasteiger partial charge in [0.2, 0.25) is 21.8 Å². The summed E-state index contributed by atoms with van der Waals surface area (Å²) in [5, 5.41) is 3.98. The summed E-state index contributed by atoms with van der Waals surface area (Å²) in [7, 11) is -3.05. The summed E-state index contributed by atoms with van der Waals surface area (Å²) in [5.74, 6) is -0.623. The van der Waals surface area contributed by atoms with E-state index in [1.165, 1.54) is 7.11 Å². The Morgan fingerprint density at radius 1 is 1.08 bits per heavy atom. The van der Waals surface area contributed by atoms with Crippen LogP contribution in [0.1, 0.15) is 60.8 Å². The summed E-state index contributed by atoms with van der Waals surface area (Å²) in [6, 6.07) is 14.8. The first kappa shape index (κ1) is 34.0. The van der Waals surface area contributed by atoms with Crippen molar-refractivity contribution >= 4 is 44.4 Å². The Bertz CT molecular complexity index is 2100. The van der Waals surface area contributed by atoms with Crippen LogP contribution in [0.3, 0.4) is 0 Å². The summed E-state index contributed by atoms with van der Waals surface area (Å²) >= 11 is 0. The molecule has 13 heteroatoms. The molecule has 0 saturated carbocycles. The molecule has 1 atom stereocenters. The van der Waals surface area contributed by atoms with Gasteiger partial charge in [-0.3, -0.25) is 9.36 Å². The van der Waals surface area contributed by atoms with Gasteiger partial charge in [0, 0.05) is 30.6 Å². The number of nitrogens with zero attached hydrogens (tertiary/aromatic N) is 4. The molecule has 2 aromatic carbocycles. The zero-order valence-corrected chi connectivity index (χ0v) is 29.4. The van der Waals surface area contributed by atoms with Gasteiger partial charge in [-0.1, -0.05) is 67.6 Å². The minimum Gasteiger partial charge on any atom is -0.465 e. The molecule has 0 radical (unpaired) electrons. The monoisotopic (exact) mass is 687 g/mol. The molecule has 12 nitrogen and oxygen atoms in total. The number of nitrogens with one attached hydrogen (secondary N) is 1. The number of carbonyl (C=O) groups is 2. The van der Waals surface area contributed by atoms with Crippen molar-refractivity contribution in [3.05, 3.63) is 88.6 Å². The first-order valence-electron chi connectivity index (χ1n) is 16.2. The summed E-state index contributed by atoms with van der Waals surface area (Å²) < 4.78 is 49.5. The van der Waals surface area contributed by atoms with E-state index in [1.54, 1.807) is 41.5 Å². The molecule has 0 bridgehead atoms. The number of ether oxygens (including phenoxy) is 2. The molecule has 2 aliphatic rings. The van der Waals surface area contributed by atoms with Gasteiger partial charge in [0.1, 0.15) is 4.75 Å². The number of rotatable bonds is 11. The summed E-state index contributed by atoms with van der Waals surface area (Å²) in [4.78, 5) is 32.9. The van der Waals surface area contributed by atoms with Gasteiger partial charge in [-0.2, -0.15) is 4.98 Å². The van der Waals surface area contributed by atoms with E-state index in [9.17, 15) is 9.59 Å². The number of hydrogen-bond donors (Lipinski definition) is 1. The number of imidazole rings is 1. The summed E-state index contributed by atoms with van der Waals surface area (Å²) in [6.07, 6.45) is 4.32. The van der Waals surface area contributed by atoms with Crippen molar-refractivity contribution in [3.8, 4) is 6.01 Å². The smallest absolute Gasteiger partial charge is 0.340 e. The van der Waals surface area contributed by atoms with Gasteiger partial charge >= 0.3 is 5.97 Å². The Hall–Kier alpha value is -4.91. The van der Waals surface area contributed by atoms with Crippen LogP contribution in [-0.4, -0.2) is 71.5 Å². The van der Waals surface area contributed by atoms with Crippen LogP contribution in [0.25, 0.3) is 16.6 Å². The maximum Gasteiger partial charge on any atom is 0.340 e. The average molecular weight is 688 g/mol. The van der Waals surface area contributed by atoms with Gasteiger partial charge in [0.05, 0.1) is 36.0 Å². The Morgan fingerprint density at radius 3 is 2.47 bits per heavy atom. The number of likely N-dealkylation sites (tertiary alicyclic amines) is 1. The lowest BCUT2D eigenvalue weighted by Crippen LogP contribution is -2.54. The van der Waals surface area contributed by atoms with Crippen LogP contribution in [0.4, 0.5) is 5.88 Å². The molecular weight excluding hydrogens is 646 g/mol. The topological polar surface area (TPSA) is 146 Å². The lowest BCUT2D eigenvalue weighted by atomic mass is 9.81. The van der Waals surface area contributed by atoms with E-state index in [0.717, 1.165) is 0 Å². The predicted molar refractivity (Wildman–Crippen MR) is 186 cm³/mol. The molecule has 4 aromatic rings. The minimum atomic E-state index is -4.37. The van der Waals surface area contributed by atoms with Gasteiger partial charge in [0.25, 0.3) is 6.01 Å². The fourth-order valence-corrected chi connectivity index (χ4v) is 8.50. The van der Waals surface area contributed by atoms with E-state index < -0.39 is 26.2 Å². The van der Waals surface area contributed by atoms with Crippen LogP contribution in [0.15, 0.2) is 70.8 Å². The van der Waals surface area contributed by atoms with Crippen LogP contribution < -0.4 is 9.46 Å². The predicted octanol–water partition coefficient (Wildman–Crippen LogP) is 5.68. The number of esters is 1. The highest BCUT2D eigenvalue weighted by molar-refractivity contribution is 7.94. The van der Waals surface area contributed by atoms with Crippen molar-refractivity contribution in [3.63, 3.8) is 0 Å². The number of benzene rings is 2. The maximum absolute atomic E-state index is 15.1. The molecule has 6 rings (SSSR count). The number of fused-ring (bicyclic) bond motifs is 1. The fraction of sp³-hybridized carbons (Fsp3) is 0.389. The molecule has 258 valence electrons. The van der Waals surface area contributed by atoms with Gasteiger partial charge in [-0.15, -0.1) is 0 Å². The van der Waals surface area contributed by atoms with Crippen molar-refractivity contribution in [2.24, 2.45) is 5.41 Å². The van der Waals surface area contributed by atoms with E-state index in [0.29, 0.717) is 64.1 Å². The number of aromatic nitrogens is 3. The third kappa shape index (κ3) is 6.00. The third-order valence-electron chi connectivity index (χ3n) is 9.56. The van der Waals surface area contributed by atoms with Crippen LogP contribution in [0.2, 0.25) is 0 Å².